The molecule has 1 aliphatic rings. The van der Waals surface area contributed by atoms with Gasteiger partial charge in [-0.3, -0.25) is 9.69 Å². The van der Waals surface area contributed by atoms with Crippen LogP contribution in [0.1, 0.15) is 18.9 Å². The van der Waals surface area contributed by atoms with E-state index < -0.39 is 12.0 Å². The summed E-state index contributed by atoms with van der Waals surface area (Å²) in [6, 6.07) is 6.85. The van der Waals surface area contributed by atoms with Gasteiger partial charge < -0.3 is 14.5 Å². The summed E-state index contributed by atoms with van der Waals surface area (Å²) in [5.41, 5.74) is 1.95. The van der Waals surface area contributed by atoms with Crippen LogP contribution in [0.15, 0.2) is 35.4 Å². The van der Waals surface area contributed by atoms with Crippen LogP contribution in [-0.4, -0.2) is 31.7 Å². The summed E-state index contributed by atoms with van der Waals surface area (Å²) in [6.45, 7) is 1.69. The fraction of sp³-hybridized carbons (Fsp3) is 0.235. The molecule has 7 heteroatoms. The number of hydrogen-bond acceptors (Lipinski definition) is 5. The van der Waals surface area contributed by atoms with Crippen LogP contribution >= 0.6 is 24.0 Å². The van der Waals surface area contributed by atoms with E-state index in [4.69, 9.17) is 12.2 Å². The van der Waals surface area contributed by atoms with Crippen LogP contribution in [0.4, 0.5) is 0 Å². The van der Waals surface area contributed by atoms with Crippen LogP contribution in [-0.2, 0) is 16.6 Å². The number of aromatic nitrogens is 1. The zero-order valence-electron chi connectivity index (χ0n) is 13.2. The van der Waals surface area contributed by atoms with Crippen molar-refractivity contribution in [2.24, 2.45) is 7.05 Å². The third kappa shape index (κ3) is 2.74. The highest BCUT2D eigenvalue weighted by Crippen LogP contribution is 2.35. The maximum absolute atomic E-state index is 12.6. The number of para-hydroxylation sites is 1. The predicted molar refractivity (Wildman–Crippen MR) is 97.0 cm³/mol. The minimum atomic E-state index is -1.29. The zero-order chi connectivity index (χ0) is 17.4. The van der Waals surface area contributed by atoms with Crippen molar-refractivity contribution in [1.82, 2.24) is 9.47 Å². The standard InChI is InChI=1S/C17H16N2O3S2/c1-3-12(16(21)22)19-15(20)14(24-17(19)23)8-10-9-18(2)13-7-5-4-6-11(10)13/h4-9,12H,3H2,1-2H3,(H,21,22)/p-1/b14-8-/t12-/m0/s1. The van der Waals surface area contributed by atoms with Crippen LogP contribution in [0.2, 0.25) is 0 Å². The Morgan fingerprint density at radius 3 is 2.79 bits per heavy atom. The number of carboxylic acid groups (broad SMARTS) is 1. The predicted octanol–water partition coefficient (Wildman–Crippen LogP) is 1.91. The lowest BCUT2D eigenvalue weighted by Gasteiger charge is -2.26. The number of aliphatic carboxylic acids is 1. The first-order valence-electron chi connectivity index (χ1n) is 7.46. The van der Waals surface area contributed by atoms with E-state index in [2.05, 4.69) is 0 Å². The molecule has 5 nitrogen and oxygen atoms in total. The summed E-state index contributed by atoms with van der Waals surface area (Å²) < 4.78 is 2.24. The minimum Gasteiger partial charge on any atom is -0.548 e. The number of fused-ring (bicyclic) bond motifs is 1. The van der Waals surface area contributed by atoms with E-state index in [-0.39, 0.29) is 16.6 Å². The first-order chi connectivity index (χ1) is 11.4. The molecule has 2 heterocycles. The maximum atomic E-state index is 12.6. The SMILES string of the molecule is CC[C@@H](C(=O)[O-])N1C(=O)/C(=C/c2cn(C)c3ccccc23)SC1=S. The first-order valence-corrected chi connectivity index (χ1v) is 8.68. The van der Waals surface area contributed by atoms with E-state index in [9.17, 15) is 14.7 Å². The maximum Gasteiger partial charge on any atom is 0.266 e. The average Bonchev–Trinajstić information content (AvgIpc) is 3.00. The lowest BCUT2D eigenvalue weighted by atomic mass is 10.1. The molecular weight excluding hydrogens is 344 g/mol. The Morgan fingerprint density at radius 2 is 2.12 bits per heavy atom. The molecule has 1 aromatic heterocycles. The van der Waals surface area contributed by atoms with Gasteiger partial charge in [0.25, 0.3) is 5.91 Å². The lowest BCUT2D eigenvalue weighted by Crippen LogP contribution is -2.49. The quantitative estimate of drug-likeness (QED) is 0.616. The van der Waals surface area contributed by atoms with Crippen molar-refractivity contribution < 1.29 is 14.7 Å². The highest BCUT2D eigenvalue weighted by Gasteiger charge is 2.37. The molecule has 0 radical (unpaired) electrons. The molecule has 24 heavy (non-hydrogen) atoms. The molecule has 3 rings (SSSR count). The molecule has 0 N–H and O–H groups in total. The molecule has 1 aromatic carbocycles. The van der Waals surface area contributed by atoms with Crippen molar-refractivity contribution in [2.45, 2.75) is 19.4 Å². The number of nitrogens with zero attached hydrogens (tertiary/aromatic N) is 2. The molecule has 1 amide bonds. The summed E-state index contributed by atoms with van der Waals surface area (Å²) in [5.74, 6) is -1.67. The van der Waals surface area contributed by atoms with Gasteiger partial charge in [-0.1, -0.05) is 49.1 Å². The second kappa shape index (κ2) is 6.41. The van der Waals surface area contributed by atoms with E-state index in [1.165, 1.54) is 0 Å². The molecule has 0 spiro atoms. The van der Waals surface area contributed by atoms with Gasteiger partial charge in [-0.25, -0.2) is 0 Å². The summed E-state index contributed by atoms with van der Waals surface area (Å²) in [5, 5.41) is 12.3. The Bertz CT molecular complexity index is 885. The summed E-state index contributed by atoms with van der Waals surface area (Å²) in [4.78, 5) is 25.4. The number of carbonyl (C=O) groups excluding carboxylic acids is 2. The van der Waals surface area contributed by atoms with E-state index in [1.54, 1.807) is 13.0 Å². The Morgan fingerprint density at radius 1 is 1.42 bits per heavy atom. The fourth-order valence-electron chi connectivity index (χ4n) is 2.83. The van der Waals surface area contributed by atoms with Crippen molar-refractivity contribution in [2.75, 3.05) is 0 Å². The molecule has 124 valence electrons. The second-order valence-corrected chi connectivity index (χ2v) is 7.18. The molecule has 0 saturated carbocycles. The van der Waals surface area contributed by atoms with E-state index in [0.717, 1.165) is 33.1 Å². The van der Waals surface area contributed by atoms with Crippen molar-refractivity contribution in [3.8, 4) is 0 Å². The fourth-order valence-corrected chi connectivity index (χ4v) is 4.18. The number of amides is 1. The molecule has 0 unspecified atom stereocenters. The molecule has 1 saturated heterocycles. The molecule has 0 bridgehead atoms. The number of rotatable bonds is 4. The van der Waals surface area contributed by atoms with Crippen LogP contribution in [0.5, 0.6) is 0 Å². The lowest BCUT2D eigenvalue weighted by molar-refractivity contribution is -0.310. The van der Waals surface area contributed by atoms with Gasteiger partial charge in [0.1, 0.15) is 4.32 Å². The van der Waals surface area contributed by atoms with Gasteiger partial charge in [-0.15, -0.1) is 0 Å². The number of aryl methyl sites for hydroxylation is 1. The first kappa shape index (κ1) is 16.7. The zero-order valence-corrected chi connectivity index (χ0v) is 14.8. The van der Waals surface area contributed by atoms with E-state index in [1.807, 2.05) is 42.1 Å². The van der Waals surface area contributed by atoms with Gasteiger partial charge in [0.05, 0.1) is 16.9 Å². The molecule has 1 fully saturated rings. The van der Waals surface area contributed by atoms with Crippen LogP contribution in [0.3, 0.4) is 0 Å². The number of benzene rings is 1. The van der Waals surface area contributed by atoms with Crippen LogP contribution < -0.4 is 5.11 Å². The van der Waals surface area contributed by atoms with Crippen molar-refractivity contribution in [3.05, 3.63) is 40.9 Å². The highest BCUT2D eigenvalue weighted by atomic mass is 32.2. The summed E-state index contributed by atoms with van der Waals surface area (Å²) in [7, 11) is 1.94. The third-order valence-electron chi connectivity index (χ3n) is 4.01. The van der Waals surface area contributed by atoms with Crippen LogP contribution in [0, 0.1) is 0 Å². The Kier molecular flexibility index (Phi) is 4.47. The normalized spacial score (nSPS) is 17.9. The van der Waals surface area contributed by atoms with Crippen molar-refractivity contribution >= 4 is 57.2 Å². The average molecular weight is 359 g/mol. The molecular formula is C17H15N2O3S2-. The van der Waals surface area contributed by atoms with E-state index in [0.29, 0.717) is 4.91 Å². The topological polar surface area (TPSA) is 65.4 Å². The number of thiocarbonyl (C=S) groups is 1. The second-order valence-electron chi connectivity index (χ2n) is 5.51. The van der Waals surface area contributed by atoms with Gasteiger partial charge >= 0.3 is 0 Å². The monoisotopic (exact) mass is 359 g/mol. The van der Waals surface area contributed by atoms with E-state index >= 15 is 0 Å². The molecule has 1 atom stereocenters. The van der Waals surface area contributed by atoms with Gasteiger partial charge in [0.15, 0.2) is 0 Å². The smallest absolute Gasteiger partial charge is 0.266 e. The summed E-state index contributed by atoms with van der Waals surface area (Å²) in [6.07, 6.45) is 3.95. The van der Waals surface area contributed by atoms with Gasteiger partial charge in [0.2, 0.25) is 0 Å². The van der Waals surface area contributed by atoms with Gasteiger partial charge in [-0.05, 0) is 18.6 Å². The Hall–Kier alpha value is -2.12. The number of carbonyl (C=O) groups is 2. The Balaban J connectivity index is 2.01. The Labute approximate surface area is 148 Å². The highest BCUT2D eigenvalue weighted by molar-refractivity contribution is 8.26. The molecule has 1 aliphatic heterocycles. The third-order valence-corrected chi connectivity index (χ3v) is 5.34. The molecule has 2 aromatic rings. The summed E-state index contributed by atoms with van der Waals surface area (Å²) >= 11 is 6.33. The van der Waals surface area contributed by atoms with Gasteiger partial charge in [-0.2, -0.15) is 0 Å². The largest absolute Gasteiger partial charge is 0.548 e. The van der Waals surface area contributed by atoms with Crippen molar-refractivity contribution in [3.63, 3.8) is 0 Å². The molecule has 0 aliphatic carbocycles. The number of hydrogen-bond donors (Lipinski definition) is 0. The van der Waals surface area contributed by atoms with Crippen LogP contribution in [0.25, 0.3) is 17.0 Å². The minimum absolute atomic E-state index is 0.246. The van der Waals surface area contributed by atoms with Crippen molar-refractivity contribution in [1.29, 1.82) is 0 Å². The van der Waals surface area contributed by atoms with Gasteiger partial charge in [0, 0.05) is 29.7 Å². The number of thioether (sulfide) groups is 1. The number of carboxylic acids is 1.